The van der Waals surface area contributed by atoms with Gasteiger partial charge in [-0.1, -0.05) is 73.7 Å². The Labute approximate surface area is 230 Å². The first kappa shape index (κ1) is 29.8. The van der Waals surface area contributed by atoms with E-state index in [9.17, 15) is 22.4 Å². The Bertz CT molecular complexity index is 1340. The molecule has 0 radical (unpaired) electrons. The van der Waals surface area contributed by atoms with E-state index in [2.05, 4.69) is 5.32 Å². The van der Waals surface area contributed by atoms with Crippen molar-refractivity contribution in [3.05, 3.63) is 102 Å². The fourth-order valence-corrected chi connectivity index (χ4v) is 5.10. The first-order valence-electron chi connectivity index (χ1n) is 12.7. The Balaban J connectivity index is 2.07. The first-order chi connectivity index (χ1) is 18.6. The van der Waals surface area contributed by atoms with Gasteiger partial charge in [-0.2, -0.15) is 12.7 Å². The minimum Gasteiger partial charge on any atom is -0.354 e. The van der Waals surface area contributed by atoms with Crippen LogP contribution in [-0.4, -0.2) is 62.7 Å². The molecule has 0 aromatic heterocycles. The average Bonchev–Trinajstić information content (AvgIpc) is 2.93. The summed E-state index contributed by atoms with van der Waals surface area (Å²) in [5, 5.41) is 2.86. The summed E-state index contributed by atoms with van der Waals surface area (Å²) in [6.07, 6.45) is 0.857. The zero-order valence-electron chi connectivity index (χ0n) is 22.5. The van der Waals surface area contributed by atoms with Gasteiger partial charge in [0.05, 0.1) is 5.69 Å². The van der Waals surface area contributed by atoms with Crippen molar-refractivity contribution in [3.8, 4) is 0 Å². The van der Waals surface area contributed by atoms with Crippen molar-refractivity contribution in [2.75, 3.05) is 31.5 Å². The number of hydrogen-bond donors (Lipinski definition) is 1. The number of para-hydroxylation sites is 1. The summed E-state index contributed by atoms with van der Waals surface area (Å²) in [6.45, 7) is 1.52. The lowest BCUT2D eigenvalue weighted by Crippen LogP contribution is -2.54. The largest absolute Gasteiger partial charge is 0.354 e. The van der Waals surface area contributed by atoms with E-state index in [1.165, 1.54) is 25.1 Å². The zero-order valence-corrected chi connectivity index (χ0v) is 23.3. The molecule has 0 bridgehead atoms. The predicted octanol–water partition coefficient (Wildman–Crippen LogP) is 3.60. The summed E-state index contributed by atoms with van der Waals surface area (Å²) in [4.78, 5) is 28.7. The number of hydrogen-bond acceptors (Lipinski definition) is 4. The van der Waals surface area contributed by atoms with Crippen LogP contribution in [-0.2, 0) is 32.8 Å². The highest BCUT2D eigenvalue weighted by Gasteiger charge is 2.34. The molecule has 1 N–H and O–H groups in total. The van der Waals surface area contributed by atoms with Crippen LogP contribution in [0.1, 0.15) is 24.5 Å². The van der Waals surface area contributed by atoms with E-state index in [4.69, 9.17) is 0 Å². The maximum Gasteiger partial charge on any atom is 0.304 e. The molecular formula is C29H35FN4O4S. The predicted molar refractivity (Wildman–Crippen MR) is 151 cm³/mol. The van der Waals surface area contributed by atoms with E-state index >= 15 is 0 Å². The number of carbonyl (C=O) groups excluding carboxylic acids is 2. The van der Waals surface area contributed by atoms with Crippen LogP contribution in [0.25, 0.3) is 0 Å². The van der Waals surface area contributed by atoms with Gasteiger partial charge in [-0.3, -0.25) is 9.59 Å². The molecule has 208 valence electrons. The van der Waals surface area contributed by atoms with Gasteiger partial charge in [-0.05, 0) is 30.2 Å². The summed E-state index contributed by atoms with van der Waals surface area (Å²) in [6, 6.07) is 22.5. The van der Waals surface area contributed by atoms with Crippen molar-refractivity contribution < 1.29 is 22.4 Å². The Morgan fingerprint density at radius 1 is 0.897 bits per heavy atom. The third kappa shape index (κ3) is 7.87. The molecule has 0 saturated carbocycles. The summed E-state index contributed by atoms with van der Waals surface area (Å²) in [5.41, 5.74) is 1.32. The van der Waals surface area contributed by atoms with E-state index in [0.717, 1.165) is 14.2 Å². The molecule has 3 aromatic carbocycles. The first-order valence-corrected chi connectivity index (χ1v) is 14.1. The van der Waals surface area contributed by atoms with Crippen LogP contribution in [0.5, 0.6) is 0 Å². The van der Waals surface area contributed by atoms with Gasteiger partial charge in [0.1, 0.15) is 18.4 Å². The lowest BCUT2D eigenvalue weighted by atomic mass is 10.0. The van der Waals surface area contributed by atoms with Gasteiger partial charge in [0.25, 0.3) is 0 Å². The smallest absolute Gasteiger partial charge is 0.304 e. The molecule has 0 aliphatic heterocycles. The van der Waals surface area contributed by atoms with Crippen molar-refractivity contribution in [3.63, 3.8) is 0 Å². The molecule has 8 nitrogen and oxygen atoms in total. The number of amides is 2. The highest BCUT2D eigenvalue weighted by molar-refractivity contribution is 7.90. The quantitative estimate of drug-likeness (QED) is 0.350. The Kier molecular flexibility index (Phi) is 10.6. The average molecular weight is 555 g/mol. The summed E-state index contributed by atoms with van der Waals surface area (Å²) < 4.78 is 43.3. The maximum atomic E-state index is 14.8. The molecule has 0 aliphatic rings. The molecule has 0 unspecified atom stereocenters. The number of benzene rings is 3. The van der Waals surface area contributed by atoms with Crippen molar-refractivity contribution in [2.45, 2.75) is 32.4 Å². The third-order valence-corrected chi connectivity index (χ3v) is 8.00. The number of halogens is 1. The number of carbonyl (C=O) groups is 2. The van der Waals surface area contributed by atoms with Crippen molar-refractivity contribution in [2.24, 2.45) is 0 Å². The molecule has 3 aromatic rings. The normalized spacial score (nSPS) is 12.1. The van der Waals surface area contributed by atoms with E-state index < -0.39 is 40.4 Å². The van der Waals surface area contributed by atoms with Gasteiger partial charge >= 0.3 is 10.2 Å². The fraction of sp³-hybridized carbons (Fsp3) is 0.310. The summed E-state index contributed by atoms with van der Waals surface area (Å²) in [7, 11) is -1.32. The van der Waals surface area contributed by atoms with Gasteiger partial charge in [-0.25, -0.2) is 8.70 Å². The Hall–Kier alpha value is -3.76. The van der Waals surface area contributed by atoms with Crippen LogP contribution in [0.4, 0.5) is 10.1 Å². The number of nitrogens with zero attached hydrogens (tertiary/aromatic N) is 3. The molecule has 10 heteroatoms. The minimum absolute atomic E-state index is 0.169. The fourth-order valence-electron chi connectivity index (χ4n) is 4.04. The number of rotatable bonds is 13. The highest BCUT2D eigenvalue weighted by Crippen LogP contribution is 2.22. The van der Waals surface area contributed by atoms with Crippen LogP contribution in [0.3, 0.4) is 0 Å². The molecule has 0 spiro atoms. The zero-order chi connectivity index (χ0) is 28.4. The highest BCUT2D eigenvalue weighted by atomic mass is 32.2. The molecule has 0 saturated heterocycles. The van der Waals surface area contributed by atoms with Gasteiger partial charge < -0.3 is 10.2 Å². The number of nitrogens with one attached hydrogen (secondary N) is 1. The molecule has 3 rings (SSSR count). The van der Waals surface area contributed by atoms with E-state index in [-0.39, 0.29) is 18.5 Å². The van der Waals surface area contributed by atoms with Gasteiger partial charge in [0, 0.05) is 39.2 Å². The SMILES string of the molecule is CCCNC(=O)[C@@H](Cc1ccccc1)N(Cc1ccccc1F)C(=O)CN(c1ccccc1)S(=O)(=O)N(C)C. The third-order valence-electron chi connectivity index (χ3n) is 6.18. The topological polar surface area (TPSA) is 90.0 Å². The van der Waals surface area contributed by atoms with Crippen molar-refractivity contribution >= 4 is 27.7 Å². The Morgan fingerprint density at radius 3 is 2.08 bits per heavy atom. The molecule has 1 atom stereocenters. The van der Waals surface area contributed by atoms with Crippen LogP contribution < -0.4 is 9.62 Å². The van der Waals surface area contributed by atoms with Crippen molar-refractivity contribution in [1.82, 2.24) is 14.5 Å². The number of anilines is 1. The van der Waals surface area contributed by atoms with Gasteiger partial charge in [0.2, 0.25) is 11.8 Å². The van der Waals surface area contributed by atoms with Crippen LogP contribution in [0.2, 0.25) is 0 Å². The minimum atomic E-state index is -4.08. The van der Waals surface area contributed by atoms with E-state index in [1.54, 1.807) is 48.5 Å². The second-order valence-electron chi connectivity index (χ2n) is 9.24. The van der Waals surface area contributed by atoms with Crippen molar-refractivity contribution in [1.29, 1.82) is 0 Å². The van der Waals surface area contributed by atoms with Crippen LogP contribution >= 0.6 is 0 Å². The van der Waals surface area contributed by atoms with Gasteiger partial charge in [-0.15, -0.1) is 0 Å². The van der Waals surface area contributed by atoms with Crippen LogP contribution in [0.15, 0.2) is 84.9 Å². The second-order valence-corrected chi connectivity index (χ2v) is 11.3. The van der Waals surface area contributed by atoms with Gasteiger partial charge in [0.15, 0.2) is 0 Å². The van der Waals surface area contributed by atoms with E-state index in [0.29, 0.717) is 18.7 Å². The lowest BCUT2D eigenvalue weighted by molar-refractivity contribution is -0.140. The Morgan fingerprint density at radius 2 is 1.49 bits per heavy atom. The molecular weight excluding hydrogens is 519 g/mol. The van der Waals surface area contributed by atoms with Crippen LogP contribution in [0, 0.1) is 5.82 Å². The monoisotopic (exact) mass is 554 g/mol. The summed E-state index contributed by atoms with van der Waals surface area (Å²) >= 11 is 0. The molecule has 0 fully saturated rings. The molecule has 0 aliphatic carbocycles. The lowest BCUT2D eigenvalue weighted by Gasteiger charge is -2.34. The van der Waals surface area contributed by atoms with E-state index in [1.807, 2.05) is 37.3 Å². The maximum absolute atomic E-state index is 14.8. The molecule has 39 heavy (non-hydrogen) atoms. The molecule has 2 amide bonds. The summed E-state index contributed by atoms with van der Waals surface area (Å²) in [5.74, 6) is -1.56. The molecule has 0 heterocycles. The second kappa shape index (κ2) is 13.9. The standard InChI is InChI=1S/C29H35FN4O4S/c1-4-19-31-29(36)27(20-23-13-7-5-8-14-23)33(21-24-15-11-12-18-26(24)30)28(35)22-34(39(37,38)32(2)3)25-16-9-6-10-17-25/h5-18,27H,4,19-22H2,1-3H3,(H,31,36)/t27-/m1/s1.